The Bertz CT molecular complexity index is 597. The number of Topliss-reactive ketones (excluding diaryl/α,β-unsaturated/α-hetero) is 1. The van der Waals surface area contributed by atoms with Crippen LogP contribution in [0.2, 0.25) is 10.1 Å². The predicted molar refractivity (Wildman–Crippen MR) is 94.7 cm³/mol. The average Bonchev–Trinajstić information content (AvgIpc) is 2.86. The van der Waals surface area contributed by atoms with Crippen LogP contribution in [0.15, 0.2) is 30.3 Å². The maximum atomic E-state index is 13.0. The number of methoxy groups -OCH3 is 1. The molecule has 2 fully saturated rings. The summed E-state index contributed by atoms with van der Waals surface area (Å²) in [6.45, 7) is 8.99. The number of hydrogen-bond acceptors (Lipinski definition) is 2. The summed E-state index contributed by atoms with van der Waals surface area (Å²) in [5.41, 5.74) is 0.993. The molecule has 2 nitrogen and oxygen atoms in total. The fourth-order valence-corrected chi connectivity index (χ4v) is 8.49. The summed E-state index contributed by atoms with van der Waals surface area (Å²) in [6, 6.07) is 10.4. The molecule has 2 saturated carbocycles. The van der Waals surface area contributed by atoms with Crippen LogP contribution in [-0.4, -0.2) is 27.8 Å². The molecule has 4 atom stereocenters. The van der Waals surface area contributed by atoms with Crippen LogP contribution >= 0.6 is 0 Å². The molecule has 0 radical (unpaired) electrons. The van der Waals surface area contributed by atoms with E-state index in [0.717, 1.165) is 11.7 Å². The standard InChI is InChI=1S/C20H28O2Se/c1-18(2)15-11-12-19(18,3)17(21)16(15)23-13-20(4,22-5)14-9-7-6-8-10-14/h6-10,15-16H,11-13H2,1-5H3/t15-,16+,19+,20?/m1/s1. The first-order valence-corrected chi connectivity index (χ1v) is 10.7. The van der Waals surface area contributed by atoms with Crippen LogP contribution in [0.3, 0.4) is 0 Å². The molecule has 1 aromatic rings. The summed E-state index contributed by atoms with van der Waals surface area (Å²) in [5, 5.41) is 0.958. The van der Waals surface area contributed by atoms with Crippen LogP contribution in [0.1, 0.15) is 46.1 Å². The van der Waals surface area contributed by atoms with Crippen LogP contribution in [-0.2, 0) is 15.1 Å². The SMILES string of the molecule is COC(C)(C[Se][C@@H]1C(=O)[C@]2(C)CC[C@H]1C2(C)C)c1ccccc1. The van der Waals surface area contributed by atoms with E-state index in [9.17, 15) is 4.79 Å². The van der Waals surface area contributed by atoms with E-state index in [-0.39, 0.29) is 36.2 Å². The van der Waals surface area contributed by atoms with Crippen molar-refractivity contribution in [2.75, 3.05) is 7.11 Å². The van der Waals surface area contributed by atoms with E-state index < -0.39 is 0 Å². The monoisotopic (exact) mass is 380 g/mol. The number of fused-ring (bicyclic) bond motifs is 2. The van der Waals surface area contributed by atoms with Gasteiger partial charge in [-0.3, -0.25) is 0 Å². The summed E-state index contributed by atoms with van der Waals surface area (Å²) < 4.78 is 5.88. The van der Waals surface area contributed by atoms with E-state index in [4.69, 9.17) is 4.74 Å². The molecule has 0 amide bonds. The Labute approximate surface area is 146 Å². The molecule has 0 spiro atoms. The Hall–Kier alpha value is -0.631. The molecule has 2 aliphatic carbocycles. The van der Waals surface area contributed by atoms with Crippen LogP contribution < -0.4 is 0 Å². The van der Waals surface area contributed by atoms with E-state index in [1.54, 1.807) is 7.11 Å². The van der Waals surface area contributed by atoms with Crippen molar-refractivity contribution < 1.29 is 9.53 Å². The first-order chi connectivity index (χ1) is 10.8. The third-order valence-corrected chi connectivity index (χ3v) is 10.2. The van der Waals surface area contributed by atoms with Crippen molar-refractivity contribution in [1.82, 2.24) is 0 Å². The number of ketones is 1. The van der Waals surface area contributed by atoms with Crippen LogP contribution in [0.4, 0.5) is 0 Å². The Morgan fingerprint density at radius 2 is 1.91 bits per heavy atom. The summed E-state index contributed by atoms with van der Waals surface area (Å²) in [5.74, 6) is 1.10. The zero-order chi connectivity index (χ0) is 16.9. The molecule has 0 aromatic heterocycles. The van der Waals surface area contributed by atoms with E-state index in [0.29, 0.717) is 11.7 Å². The van der Waals surface area contributed by atoms with Crippen molar-refractivity contribution in [3.05, 3.63) is 35.9 Å². The van der Waals surface area contributed by atoms with Gasteiger partial charge in [0.1, 0.15) is 0 Å². The van der Waals surface area contributed by atoms with E-state index >= 15 is 0 Å². The van der Waals surface area contributed by atoms with Gasteiger partial charge in [-0.1, -0.05) is 0 Å². The van der Waals surface area contributed by atoms with Crippen molar-refractivity contribution in [1.29, 1.82) is 0 Å². The van der Waals surface area contributed by atoms with Crippen LogP contribution in [0.25, 0.3) is 0 Å². The van der Waals surface area contributed by atoms with Gasteiger partial charge >= 0.3 is 146 Å². The Morgan fingerprint density at radius 3 is 2.43 bits per heavy atom. The van der Waals surface area contributed by atoms with Gasteiger partial charge in [0.25, 0.3) is 0 Å². The number of hydrogen-bond donors (Lipinski definition) is 0. The molecule has 2 aliphatic rings. The topological polar surface area (TPSA) is 26.3 Å². The number of carbonyl (C=O) groups is 1. The maximum absolute atomic E-state index is 13.0. The second kappa shape index (κ2) is 5.72. The fraction of sp³-hybridized carbons (Fsp3) is 0.650. The minimum atomic E-state index is -0.283. The van der Waals surface area contributed by atoms with Gasteiger partial charge in [-0.15, -0.1) is 0 Å². The van der Waals surface area contributed by atoms with Crippen LogP contribution in [0, 0.1) is 16.7 Å². The molecule has 23 heavy (non-hydrogen) atoms. The minimum absolute atomic E-state index is 0.0969. The predicted octanol–water partition coefficient (Wildman–Crippen LogP) is 4.48. The van der Waals surface area contributed by atoms with E-state index in [2.05, 4.69) is 52.0 Å². The molecule has 1 unspecified atom stereocenters. The summed E-state index contributed by atoms with van der Waals surface area (Å²) in [6.07, 6.45) is 2.30. The third-order valence-electron chi connectivity index (χ3n) is 6.85. The molecular formula is C20H28O2Se. The summed E-state index contributed by atoms with van der Waals surface area (Å²) in [7, 11) is 1.79. The van der Waals surface area contributed by atoms with Crippen molar-refractivity contribution in [2.45, 2.75) is 56.3 Å². The van der Waals surface area contributed by atoms with Gasteiger partial charge in [-0.25, -0.2) is 0 Å². The summed E-state index contributed by atoms with van der Waals surface area (Å²) in [4.78, 5) is 13.3. The third kappa shape index (κ3) is 2.44. The van der Waals surface area contributed by atoms with Crippen molar-refractivity contribution in [2.24, 2.45) is 16.7 Å². The van der Waals surface area contributed by atoms with Gasteiger partial charge in [-0.05, 0) is 0 Å². The zero-order valence-corrected chi connectivity index (χ0v) is 16.6. The van der Waals surface area contributed by atoms with Crippen molar-refractivity contribution in [3.63, 3.8) is 0 Å². The molecule has 2 bridgehead atoms. The Balaban J connectivity index is 1.77. The van der Waals surface area contributed by atoms with Crippen molar-refractivity contribution in [3.8, 4) is 0 Å². The number of carbonyl (C=O) groups excluding carboxylic acids is 1. The molecule has 3 heteroatoms. The second-order valence-electron chi connectivity index (χ2n) is 8.10. The normalized spacial score (nSPS) is 34.6. The number of rotatable bonds is 5. The Morgan fingerprint density at radius 1 is 1.26 bits per heavy atom. The van der Waals surface area contributed by atoms with E-state index in [1.807, 2.05) is 6.07 Å². The zero-order valence-electron chi connectivity index (χ0n) is 14.9. The van der Waals surface area contributed by atoms with Gasteiger partial charge in [0, 0.05) is 0 Å². The Kier molecular flexibility index (Phi) is 4.28. The fourth-order valence-electron chi connectivity index (χ4n) is 4.50. The van der Waals surface area contributed by atoms with Crippen LogP contribution in [0.5, 0.6) is 0 Å². The average molecular weight is 379 g/mol. The van der Waals surface area contributed by atoms with Gasteiger partial charge in [-0.2, -0.15) is 0 Å². The van der Waals surface area contributed by atoms with E-state index in [1.165, 1.54) is 12.0 Å². The van der Waals surface area contributed by atoms with Gasteiger partial charge in [0.2, 0.25) is 0 Å². The summed E-state index contributed by atoms with van der Waals surface area (Å²) >= 11 is 0.276. The molecule has 0 aliphatic heterocycles. The molecule has 1 aromatic carbocycles. The first kappa shape index (κ1) is 17.2. The molecule has 0 saturated heterocycles. The first-order valence-electron chi connectivity index (χ1n) is 8.53. The van der Waals surface area contributed by atoms with Gasteiger partial charge in [0.15, 0.2) is 0 Å². The van der Waals surface area contributed by atoms with Crippen molar-refractivity contribution >= 4 is 20.7 Å². The number of benzene rings is 1. The molecule has 0 N–H and O–H groups in total. The number of ether oxygens (including phenoxy) is 1. The molecule has 0 heterocycles. The second-order valence-corrected chi connectivity index (χ2v) is 10.5. The molecule has 3 rings (SSSR count). The van der Waals surface area contributed by atoms with Gasteiger partial charge in [0.05, 0.1) is 0 Å². The quantitative estimate of drug-likeness (QED) is 0.705. The molecular weight excluding hydrogens is 351 g/mol. The van der Waals surface area contributed by atoms with Gasteiger partial charge < -0.3 is 0 Å². The molecule has 126 valence electrons.